The Morgan fingerprint density at radius 3 is 2.88 bits per heavy atom. The van der Waals surface area contributed by atoms with E-state index in [4.69, 9.17) is 4.42 Å². The van der Waals surface area contributed by atoms with E-state index in [-0.39, 0.29) is 18.4 Å². The zero-order chi connectivity index (χ0) is 16.5. The molecule has 0 atom stereocenters. The molecule has 1 aliphatic heterocycles. The van der Waals surface area contributed by atoms with E-state index in [0.29, 0.717) is 30.1 Å². The van der Waals surface area contributed by atoms with E-state index in [9.17, 15) is 9.59 Å². The summed E-state index contributed by atoms with van der Waals surface area (Å²) in [4.78, 5) is 30.7. The van der Waals surface area contributed by atoms with E-state index < -0.39 is 0 Å². The standard InChI is InChI=1S/C18H15N3O3/c22-17-11-21(8-7-19-17)18(23)13-10-15(16-6-3-9-24-16)20-14-5-2-1-4-12(13)14/h1-6,9-10H,7-8,11H2,(H,19,22). The average Bonchev–Trinajstić information content (AvgIpc) is 3.15. The molecule has 1 fully saturated rings. The summed E-state index contributed by atoms with van der Waals surface area (Å²) in [5, 5.41) is 3.50. The fraction of sp³-hybridized carbons (Fsp3) is 0.167. The van der Waals surface area contributed by atoms with E-state index in [2.05, 4.69) is 10.3 Å². The first-order valence-electron chi connectivity index (χ1n) is 7.72. The molecule has 0 saturated carbocycles. The van der Waals surface area contributed by atoms with Crippen LogP contribution in [0.1, 0.15) is 10.4 Å². The number of furan rings is 1. The second-order valence-electron chi connectivity index (χ2n) is 5.63. The summed E-state index contributed by atoms with van der Waals surface area (Å²) in [6, 6.07) is 12.8. The lowest BCUT2D eigenvalue weighted by molar-refractivity contribution is -0.123. The van der Waals surface area contributed by atoms with Gasteiger partial charge >= 0.3 is 0 Å². The summed E-state index contributed by atoms with van der Waals surface area (Å²) < 4.78 is 5.41. The Bertz CT molecular complexity index is 918. The number of carbonyl (C=O) groups is 2. The lowest BCUT2D eigenvalue weighted by atomic mass is 10.0. The average molecular weight is 321 g/mol. The SMILES string of the molecule is O=C1CN(C(=O)c2cc(-c3ccco3)nc3ccccc23)CCN1. The van der Waals surface area contributed by atoms with Gasteiger partial charge in [0.25, 0.3) is 5.91 Å². The van der Waals surface area contributed by atoms with E-state index in [1.165, 1.54) is 0 Å². The van der Waals surface area contributed by atoms with Gasteiger partial charge in [-0.15, -0.1) is 0 Å². The van der Waals surface area contributed by atoms with Crippen LogP contribution < -0.4 is 5.32 Å². The third-order valence-electron chi connectivity index (χ3n) is 4.05. The molecule has 2 aromatic heterocycles. The van der Waals surface area contributed by atoms with Crippen LogP contribution in [0.25, 0.3) is 22.4 Å². The van der Waals surface area contributed by atoms with Crippen molar-refractivity contribution in [1.29, 1.82) is 0 Å². The minimum Gasteiger partial charge on any atom is -0.463 e. The summed E-state index contributed by atoms with van der Waals surface area (Å²) in [5.41, 5.74) is 1.85. The molecule has 24 heavy (non-hydrogen) atoms. The van der Waals surface area contributed by atoms with E-state index >= 15 is 0 Å². The van der Waals surface area contributed by atoms with Gasteiger partial charge in [0.15, 0.2) is 5.76 Å². The normalized spacial score (nSPS) is 14.7. The highest BCUT2D eigenvalue weighted by molar-refractivity contribution is 6.08. The molecule has 0 spiro atoms. The highest BCUT2D eigenvalue weighted by atomic mass is 16.3. The van der Waals surface area contributed by atoms with Gasteiger partial charge in [0.2, 0.25) is 5.91 Å². The van der Waals surface area contributed by atoms with Crippen LogP contribution in [0, 0.1) is 0 Å². The number of benzene rings is 1. The number of carbonyl (C=O) groups excluding carboxylic acids is 2. The van der Waals surface area contributed by atoms with Gasteiger partial charge in [-0.25, -0.2) is 4.98 Å². The molecule has 6 heteroatoms. The number of rotatable bonds is 2. The highest BCUT2D eigenvalue weighted by Gasteiger charge is 2.24. The summed E-state index contributed by atoms with van der Waals surface area (Å²) in [6.07, 6.45) is 1.57. The summed E-state index contributed by atoms with van der Waals surface area (Å²) >= 11 is 0. The number of amides is 2. The fourth-order valence-electron chi connectivity index (χ4n) is 2.89. The predicted octanol–water partition coefficient (Wildman–Crippen LogP) is 2.07. The third-order valence-corrected chi connectivity index (χ3v) is 4.05. The molecule has 4 rings (SSSR count). The van der Waals surface area contributed by atoms with E-state index in [0.717, 1.165) is 10.9 Å². The molecular weight excluding hydrogens is 306 g/mol. The molecule has 0 bridgehead atoms. The lowest BCUT2D eigenvalue weighted by Gasteiger charge is -2.27. The lowest BCUT2D eigenvalue weighted by Crippen LogP contribution is -2.50. The number of aromatic nitrogens is 1. The minimum absolute atomic E-state index is 0.0750. The van der Waals surface area contributed by atoms with Crippen LogP contribution in [-0.4, -0.2) is 41.3 Å². The van der Waals surface area contributed by atoms with Gasteiger partial charge in [0, 0.05) is 18.5 Å². The van der Waals surface area contributed by atoms with Gasteiger partial charge in [-0.2, -0.15) is 0 Å². The number of hydrogen-bond acceptors (Lipinski definition) is 4. The van der Waals surface area contributed by atoms with Gasteiger partial charge in [0.1, 0.15) is 5.69 Å². The van der Waals surface area contributed by atoms with E-state index in [1.54, 1.807) is 29.4 Å². The first-order chi connectivity index (χ1) is 11.7. The minimum atomic E-state index is -0.170. The topological polar surface area (TPSA) is 75.4 Å². The highest BCUT2D eigenvalue weighted by Crippen LogP contribution is 2.26. The molecule has 3 aromatic rings. The second-order valence-corrected chi connectivity index (χ2v) is 5.63. The first-order valence-corrected chi connectivity index (χ1v) is 7.72. The van der Waals surface area contributed by atoms with Crippen LogP contribution in [-0.2, 0) is 4.79 Å². The van der Waals surface area contributed by atoms with Crippen molar-refractivity contribution in [3.63, 3.8) is 0 Å². The summed E-state index contributed by atoms with van der Waals surface area (Å²) in [7, 11) is 0. The number of para-hydroxylation sites is 1. The number of nitrogens with one attached hydrogen (secondary N) is 1. The summed E-state index contributed by atoms with van der Waals surface area (Å²) in [5.74, 6) is 0.293. The Morgan fingerprint density at radius 2 is 2.08 bits per heavy atom. The van der Waals surface area contributed by atoms with Crippen molar-refractivity contribution in [2.75, 3.05) is 19.6 Å². The number of hydrogen-bond donors (Lipinski definition) is 1. The number of fused-ring (bicyclic) bond motifs is 1. The van der Waals surface area contributed by atoms with E-state index in [1.807, 2.05) is 24.3 Å². The molecule has 0 radical (unpaired) electrons. The quantitative estimate of drug-likeness (QED) is 0.784. The first kappa shape index (κ1) is 14.4. The molecule has 1 N–H and O–H groups in total. The van der Waals surface area contributed by atoms with Crippen LogP contribution >= 0.6 is 0 Å². The Labute approximate surface area is 138 Å². The molecule has 0 aliphatic carbocycles. The molecule has 3 heterocycles. The molecule has 0 unspecified atom stereocenters. The van der Waals surface area contributed by atoms with Crippen molar-refractivity contribution in [2.24, 2.45) is 0 Å². The summed E-state index contributed by atoms with van der Waals surface area (Å²) in [6.45, 7) is 1.04. The zero-order valence-electron chi connectivity index (χ0n) is 12.9. The van der Waals surface area contributed by atoms with Crippen molar-refractivity contribution in [2.45, 2.75) is 0 Å². The van der Waals surface area contributed by atoms with Gasteiger partial charge in [-0.1, -0.05) is 18.2 Å². The molecule has 1 aliphatic rings. The van der Waals surface area contributed by atoms with Crippen molar-refractivity contribution in [3.05, 3.63) is 54.3 Å². The number of pyridine rings is 1. The maximum atomic E-state index is 13.0. The van der Waals surface area contributed by atoms with Gasteiger partial charge in [-0.05, 0) is 24.3 Å². The van der Waals surface area contributed by atoms with Crippen LogP contribution in [0.15, 0.2) is 53.1 Å². The van der Waals surface area contributed by atoms with Crippen molar-refractivity contribution in [3.8, 4) is 11.5 Å². The zero-order valence-corrected chi connectivity index (χ0v) is 12.9. The Balaban J connectivity index is 1.83. The Morgan fingerprint density at radius 1 is 1.21 bits per heavy atom. The van der Waals surface area contributed by atoms with Crippen molar-refractivity contribution < 1.29 is 14.0 Å². The van der Waals surface area contributed by atoms with Crippen molar-refractivity contribution in [1.82, 2.24) is 15.2 Å². The molecular formula is C18H15N3O3. The maximum absolute atomic E-state index is 13.0. The van der Waals surface area contributed by atoms with Gasteiger partial charge in [-0.3, -0.25) is 9.59 Å². The van der Waals surface area contributed by atoms with Crippen molar-refractivity contribution >= 4 is 22.7 Å². The van der Waals surface area contributed by atoms with Crippen LogP contribution in [0.2, 0.25) is 0 Å². The number of nitrogens with zero attached hydrogens (tertiary/aromatic N) is 2. The molecule has 1 saturated heterocycles. The smallest absolute Gasteiger partial charge is 0.255 e. The predicted molar refractivity (Wildman–Crippen MR) is 88.4 cm³/mol. The van der Waals surface area contributed by atoms with Crippen LogP contribution in [0.4, 0.5) is 0 Å². The van der Waals surface area contributed by atoms with Crippen LogP contribution in [0.5, 0.6) is 0 Å². The van der Waals surface area contributed by atoms with Gasteiger partial charge in [0.05, 0.1) is 23.9 Å². The third kappa shape index (κ3) is 2.52. The molecule has 120 valence electrons. The fourth-order valence-corrected chi connectivity index (χ4v) is 2.89. The number of piperazine rings is 1. The molecule has 6 nitrogen and oxygen atoms in total. The van der Waals surface area contributed by atoms with Crippen LogP contribution in [0.3, 0.4) is 0 Å². The Hall–Kier alpha value is -3.15. The maximum Gasteiger partial charge on any atom is 0.255 e. The van der Waals surface area contributed by atoms with Gasteiger partial charge < -0.3 is 14.6 Å². The monoisotopic (exact) mass is 321 g/mol. The molecule has 2 amide bonds. The second kappa shape index (κ2) is 5.81. The largest absolute Gasteiger partial charge is 0.463 e. The molecule has 1 aromatic carbocycles. The Kier molecular flexibility index (Phi) is 3.49.